The standard InChI is InChI=1S/C16H30N6O2/c1-12(16(23)22(24)15(4)13(2)18)14(3)20-8-11-21(9-6-17)10-7-19-5/h19-20,24H,1-4,6-11,17-18H2,5H3. The predicted molar refractivity (Wildman–Crippen MR) is 96.8 cm³/mol. The summed E-state index contributed by atoms with van der Waals surface area (Å²) in [5.74, 6) is -0.766. The number of nitrogens with zero attached hydrogens (tertiary/aromatic N) is 2. The lowest BCUT2D eigenvalue weighted by molar-refractivity contribution is -0.151. The van der Waals surface area contributed by atoms with Crippen molar-refractivity contribution in [3.8, 4) is 0 Å². The van der Waals surface area contributed by atoms with Gasteiger partial charge in [0.05, 0.1) is 17.0 Å². The number of hydrogen-bond donors (Lipinski definition) is 5. The van der Waals surface area contributed by atoms with Gasteiger partial charge in [-0.25, -0.2) is 0 Å². The summed E-state index contributed by atoms with van der Waals surface area (Å²) in [6.45, 7) is 18.6. The van der Waals surface area contributed by atoms with Crippen molar-refractivity contribution in [1.82, 2.24) is 20.6 Å². The lowest BCUT2D eigenvalue weighted by atomic mass is 10.2. The fraction of sp³-hybridized carbons (Fsp3) is 0.438. The van der Waals surface area contributed by atoms with E-state index < -0.39 is 5.91 Å². The van der Waals surface area contributed by atoms with Crippen molar-refractivity contribution < 1.29 is 10.0 Å². The van der Waals surface area contributed by atoms with E-state index in [2.05, 4.69) is 41.8 Å². The normalized spacial score (nSPS) is 10.3. The molecule has 0 aliphatic carbocycles. The smallest absolute Gasteiger partial charge is 0.283 e. The summed E-state index contributed by atoms with van der Waals surface area (Å²) in [7, 11) is 1.89. The van der Waals surface area contributed by atoms with Gasteiger partial charge in [-0.15, -0.1) is 0 Å². The molecule has 0 aliphatic rings. The summed E-state index contributed by atoms with van der Waals surface area (Å²) in [5.41, 5.74) is 11.2. The molecule has 0 bridgehead atoms. The number of nitrogens with one attached hydrogen (secondary N) is 2. The minimum atomic E-state index is -0.766. The van der Waals surface area contributed by atoms with E-state index in [1.807, 2.05) is 7.05 Å². The average Bonchev–Trinajstić information content (AvgIpc) is 2.56. The Morgan fingerprint density at radius 1 is 1.12 bits per heavy atom. The van der Waals surface area contributed by atoms with Gasteiger partial charge in [0, 0.05) is 45.0 Å². The monoisotopic (exact) mass is 338 g/mol. The Morgan fingerprint density at radius 3 is 2.21 bits per heavy atom. The highest BCUT2D eigenvalue weighted by Gasteiger charge is 2.20. The molecule has 136 valence electrons. The maximum absolute atomic E-state index is 12.1. The lowest BCUT2D eigenvalue weighted by Gasteiger charge is -2.23. The molecular formula is C16H30N6O2. The molecule has 7 N–H and O–H groups in total. The first-order valence-electron chi connectivity index (χ1n) is 7.62. The van der Waals surface area contributed by atoms with Crippen LogP contribution in [-0.2, 0) is 4.79 Å². The van der Waals surface area contributed by atoms with E-state index in [1.54, 1.807) is 0 Å². The second kappa shape index (κ2) is 11.4. The number of hydroxylamine groups is 2. The van der Waals surface area contributed by atoms with Gasteiger partial charge in [0.1, 0.15) is 0 Å². The average molecular weight is 338 g/mol. The number of rotatable bonds is 13. The minimum absolute atomic E-state index is 0.0144. The van der Waals surface area contributed by atoms with Crippen LogP contribution in [0.1, 0.15) is 0 Å². The first kappa shape index (κ1) is 21.9. The molecular weight excluding hydrogens is 308 g/mol. The van der Waals surface area contributed by atoms with Crippen molar-refractivity contribution in [3.63, 3.8) is 0 Å². The Bertz CT molecular complexity index is 489. The first-order chi connectivity index (χ1) is 11.3. The summed E-state index contributed by atoms with van der Waals surface area (Å²) < 4.78 is 0. The fourth-order valence-corrected chi connectivity index (χ4v) is 1.78. The van der Waals surface area contributed by atoms with E-state index >= 15 is 0 Å². The second-order valence-electron chi connectivity index (χ2n) is 5.21. The van der Waals surface area contributed by atoms with Gasteiger partial charge in [0.15, 0.2) is 0 Å². The molecule has 8 nitrogen and oxygen atoms in total. The molecule has 0 rings (SSSR count). The zero-order valence-electron chi connectivity index (χ0n) is 14.5. The number of carbonyl (C=O) groups is 1. The van der Waals surface area contributed by atoms with Crippen molar-refractivity contribution in [2.24, 2.45) is 11.5 Å². The summed E-state index contributed by atoms with van der Waals surface area (Å²) >= 11 is 0. The molecule has 1 amide bonds. The molecule has 0 aromatic rings. The van der Waals surface area contributed by atoms with Crippen molar-refractivity contribution in [2.75, 3.05) is 46.3 Å². The number of nitrogens with two attached hydrogens (primary N) is 2. The zero-order chi connectivity index (χ0) is 18.7. The first-order valence-corrected chi connectivity index (χ1v) is 7.62. The Kier molecular flexibility index (Phi) is 10.4. The Balaban J connectivity index is 4.44. The van der Waals surface area contributed by atoms with Crippen molar-refractivity contribution in [1.29, 1.82) is 0 Å². The van der Waals surface area contributed by atoms with Crippen LogP contribution in [0, 0.1) is 0 Å². The van der Waals surface area contributed by atoms with Crippen LogP contribution >= 0.6 is 0 Å². The van der Waals surface area contributed by atoms with E-state index in [-0.39, 0.29) is 17.0 Å². The van der Waals surface area contributed by atoms with Gasteiger partial charge in [-0.3, -0.25) is 14.9 Å². The third kappa shape index (κ3) is 7.42. The fourth-order valence-electron chi connectivity index (χ4n) is 1.78. The third-order valence-electron chi connectivity index (χ3n) is 3.33. The molecule has 0 unspecified atom stereocenters. The zero-order valence-corrected chi connectivity index (χ0v) is 14.5. The number of amides is 1. The lowest BCUT2D eigenvalue weighted by Crippen LogP contribution is -2.39. The predicted octanol–water partition coefficient (Wildman–Crippen LogP) is -0.670. The van der Waals surface area contributed by atoms with Crippen LogP contribution in [0.5, 0.6) is 0 Å². The van der Waals surface area contributed by atoms with Crippen molar-refractivity contribution in [3.05, 3.63) is 49.0 Å². The van der Waals surface area contributed by atoms with Crippen LogP contribution in [-0.4, -0.2) is 67.4 Å². The highest BCUT2D eigenvalue weighted by atomic mass is 16.5. The van der Waals surface area contributed by atoms with Crippen LogP contribution in [0.3, 0.4) is 0 Å². The molecule has 0 aliphatic heterocycles. The maximum Gasteiger partial charge on any atom is 0.283 e. The summed E-state index contributed by atoms with van der Waals surface area (Å²) in [5, 5.41) is 16.1. The van der Waals surface area contributed by atoms with E-state index in [1.165, 1.54) is 0 Å². The molecule has 24 heavy (non-hydrogen) atoms. The molecule has 8 heteroatoms. The maximum atomic E-state index is 12.1. The Labute approximate surface area is 144 Å². The molecule has 0 atom stereocenters. The van der Waals surface area contributed by atoms with Crippen LogP contribution < -0.4 is 22.1 Å². The van der Waals surface area contributed by atoms with E-state index in [4.69, 9.17) is 11.5 Å². The van der Waals surface area contributed by atoms with Gasteiger partial charge in [-0.2, -0.15) is 5.06 Å². The molecule has 0 heterocycles. The molecule has 0 aromatic heterocycles. The van der Waals surface area contributed by atoms with Crippen molar-refractivity contribution >= 4 is 5.91 Å². The SMILES string of the molecule is C=C(N)C(=C)N(O)C(=O)C(=C)C(=C)NCCN(CCN)CCNC. The van der Waals surface area contributed by atoms with Crippen molar-refractivity contribution in [2.45, 2.75) is 0 Å². The highest BCUT2D eigenvalue weighted by molar-refractivity contribution is 5.97. The van der Waals surface area contributed by atoms with Gasteiger partial charge >= 0.3 is 0 Å². The van der Waals surface area contributed by atoms with Crippen LogP contribution in [0.25, 0.3) is 0 Å². The Hall–Kier alpha value is -2.13. The van der Waals surface area contributed by atoms with Gasteiger partial charge in [-0.05, 0) is 7.05 Å². The second-order valence-corrected chi connectivity index (χ2v) is 5.21. The van der Waals surface area contributed by atoms with Gasteiger partial charge in [0.2, 0.25) is 0 Å². The van der Waals surface area contributed by atoms with Gasteiger partial charge in [-0.1, -0.05) is 26.3 Å². The largest absolute Gasteiger partial charge is 0.397 e. The quantitative estimate of drug-likeness (QED) is 0.131. The van der Waals surface area contributed by atoms with E-state index in [0.29, 0.717) is 23.8 Å². The summed E-state index contributed by atoms with van der Waals surface area (Å²) in [6, 6.07) is 0. The summed E-state index contributed by atoms with van der Waals surface area (Å²) in [6.07, 6.45) is 0. The van der Waals surface area contributed by atoms with Crippen LogP contribution in [0.2, 0.25) is 0 Å². The minimum Gasteiger partial charge on any atom is -0.397 e. The van der Waals surface area contributed by atoms with Crippen LogP contribution in [0.15, 0.2) is 49.0 Å². The van der Waals surface area contributed by atoms with Gasteiger partial charge in [0.25, 0.3) is 5.91 Å². The third-order valence-corrected chi connectivity index (χ3v) is 3.33. The molecule has 0 spiro atoms. The molecule has 0 saturated heterocycles. The topological polar surface area (TPSA) is 120 Å². The molecule has 0 fully saturated rings. The number of carbonyl (C=O) groups excluding carboxylic acids is 1. The Morgan fingerprint density at radius 2 is 1.71 bits per heavy atom. The number of likely N-dealkylation sites (N-methyl/N-ethyl adjacent to an activating group) is 1. The van der Waals surface area contributed by atoms with E-state index in [0.717, 1.165) is 26.2 Å². The molecule has 0 radical (unpaired) electrons. The molecule has 0 saturated carbocycles. The van der Waals surface area contributed by atoms with Gasteiger partial charge < -0.3 is 22.1 Å². The number of hydrogen-bond acceptors (Lipinski definition) is 7. The molecule has 0 aromatic carbocycles. The van der Waals surface area contributed by atoms with Crippen LogP contribution in [0.4, 0.5) is 0 Å². The highest BCUT2D eigenvalue weighted by Crippen LogP contribution is 2.11. The van der Waals surface area contributed by atoms with E-state index in [9.17, 15) is 10.0 Å². The summed E-state index contributed by atoms with van der Waals surface area (Å²) in [4.78, 5) is 14.2.